The fraction of sp³-hybridized carbons (Fsp3) is 0.909. The Hall–Kier alpha value is -0.610. The highest BCUT2D eigenvalue weighted by Crippen LogP contribution is 2.23. The molecule has 88 valence electrons. The maximum absolute atomic E-state index is 11.7. The van der Waals surface area contributed by atoms with Gasteiger partial charge in [0.15, 0.2) is 0 Å². The van der Waals surface area contributed by atoms with Crippen LogP contribution in [-0.2, 0) is 4.79 Å². The first-order chi connectivity index (χ1) is 7.11. The smallest absolute Gasteiger partial charge is 0.224 e. The van der Waals surface area contributed by atoms with E-state index in [-0.39, 0.29) is 17.9 Å². The molecule has 1 fully saturated rings. The van der Waals surface area contributed by atoms with Crippen molar-refractivity contribution in [3.05, 3.63) is 0 Å². The first kappa shape index (κ1) is 12.5. The van der Waals surface area contributed by atoms with Crippen LogP contribution in [0, 0.1) is 5.92 Å². The molecule has 0 aromatic rings. The summed E-state index contributed by atoms with van der Waals surface area (Å²) >= 11 is 0. The molecule has 4 heteroatoms. The van der Waals surface area contributed by atoms with Crippen LogP contribution in [0.4, 0.5) is 0 Å². The van der Waals surface area contributed by atoms with Crippen molar-refractivity contribution in [2.45, 2.75) is 31.7 Å². The summed E-state index contributed by atoms with van der Waals surface area (Å²) in [5.41, 5.74) is 5.86. The van der Waals surface area contributed by atoms with Gasteiger partial charge in [0, 0.05) is 12.6 Å². The first-order valence-corrected chi connectivity index (χ1v) is 5.79. The number of rotatable bonds is 5. The van der Waals surface area contributed by atoms with Gasteiger partial charge in [-0.3, -0.25) is 4.79 Å². The molecule has 0 heterocycles. The van der Waals surface area contributed by atoms with E-state index in [0.717, 1.165) is 38.8 Å². The van der Waals surface area contributed by atoms with Gasteiger partial charge in [-0.2, -0.15) is 0 Å². The van der Waals surface area contributed by atoms with E-state index in [0.29, 0.717) is 0 Å². The Morgan fingerprint density at radius 1 is 1.47 bits per heavy atom. The fourth-order valence-corrected chi connectivity index (χ4v) is 2.05. The molecule has 0 aromatic carbocycles. The van der Waals surface area contributed by atoms with Crippen molar-refractivity contribution in [1.29, 1.82) is 0 Å². The molecule has 0 bridgehead atoms. The van der Waals surface area contributed by atoms with Gasteiger partial charge in [-0.25, -0.2) is 0 Å². The molecule has 0 aliphatic heterocycles. The highest BCUT2D eigenvalue weighted by Gasteiger charge is 2.29. The van der Waals surface area contributed by atoms with E-state index in [2.05, 4.69) is 10.2 Å². The predicted molar refractivity (Wildman–Crippen MR) is 61.5 cm³/mol. The van der Waals surface area contributed by atoms with Crippen molar-refractivity contribution in [1.82, 2.24) is 10.2 Å². The highest BCUT2D eigenvalue weighted by atomic mass is 16.1. The van der Waals surface area contributed by atoms with Crippen molar-refractivity contribution in [3.63, 3.8) is 0 Å². The van der Waals surface area contributed by atoms with Crippen LogP contribution in [-0.4, -0.2) is 44.0 Å². The number of nitrogens with zero attached hydrogens (tertiary/aromatic N) is 1. The van der Waals surface area contributed by atoms with Crippen molar-refractivity contribution in [2.75, 3.05) is 27.2 Å². The molecule has 1 aliphatic rings. The maximum Gasteiger partial charge on any atom is 0.224 e. The van der Waals surface area contributed by atoms with Gasteiger partial charge in [0.1, 0.15) is 0 Å². The highest BCUT2D eigenvalue weighted by molar-refractivity contribution is 5.79. The number of carbonyl (C=O) groups is 1. The summed E-state index contributed by atoms with van der Waals surface area (Å²) in [6.07, 6.45) is 4.05. The average Bonchev–Trinajstić information content (AvgIpc) is 2.58. The zero-order chi connectivity index (χ0) is 11.3. The van der Waals surface area contributed by atoms with E-state index >= 15 is 0 Å². The van der Waals surface area contributed by atoms with E-state index < -0.39 is 0 Å². The molecule has 0 aromatic heterocycles. The second kappa shape index (κ2) is 6.08. The molecule has 1 rings (SSSR count). The summed E-state index contributed by atoms with van der Waals surface area (Å²) in [7, 11) is 4.07. The van der Waals surface area contributed by atoms with Gasteiger partial charge in [-0.15, -0.1) is 0 Å². The van der Waals surface area contributed by atoms with Crippen LogP contribution < -0.4 is 11.1 Å². The van der Waals surface area contributed by atoms with E-state index in [4.69, 9.17) is 5.73 Å². The van der Waals surface area contributed by atoms with Gasteiger partial charge >= 0.3 is 0 Å². The zero-order valence-corrected chi connectivity index (χ0v) is 9.83. The second-order valence-electron chi connectivity index (χ2n) is 4.65. The average molecular weight is 213 g/mol. The van der Waals surface area contributed by atoms with Crippen molar-refractivity contribution < 1.29 is 4.79 Å². The first-order valence-electron chi connectivity index (χ1n) is 5.79. The van der Waals surface area contributed by atoms with Gasteiger partial charge in [0.05, 0.1) is 5.92 Å². The lowest BCUT2D eigenvalue weighted by molar-refractivity contribution is -0.125. The summed E-state index contributed by atoms with van der Waals surface area (Å²) in [5.74, 6) is 0.211. The van der Waals surface area contributed by atoms with Gasteiger partial charge in [-0.1, -0.05) is 6.42 Å². The molecule has 1 amide bonds. The van der Waals surface area contributed by atoms with E-state index in [9.17, 15) is 4.79 Å². The molecule has 4 nitrogen and oxygen atoms in total. The summed E-state index contributed by atoms with van der Waals surface area (Å²) in [6, 6.07) is 0.0823. The third-order valence-electron chi connectivity index (χ3n) is 2.99. The molecule has 3 N–H and O–H groups in total. The van der Waals surface area contributed by atoms with Crippen LogP contribution in [0.2, 0.25) is 0 Å². The standard InChI is InChI=1S/C11H23N3O/c1-14(2)8-4-7-13-11(15)9-5-3-6-10(9)12/h9-10H,3-8,12H2,1-2H3,(H,13,15). The van der Waals surface area contributed by atoms with Gasteiger partial charge in [0.2, 0.25) is 5.91 Å². The Kier molecular flexibility index (Phi) is 5.05. The molecule has 2 atom stereocenters. The van der Waals surface area contributed by atoms with Crippen molar-refractivity contribution >= 4 is 5.91 Å². The van der Waals surface area contributed by atoms with Crippen LogP contribution in [0.5, 0.6) is 0 Å². The van der Waals surface area contributed by atoms with Gasteiger partial charge < -0.3 is 16.0 Å². The van der Waals surface area contributed by atoms with Crippen LogP contribution in [0.25, 0.3) is 0 Å². The van der Waals surface area contributed by atoms with Gasteiger partial charge in [0.25, 0.3) is 0 Å². The number of nitrogens with one attached hydrogen (secondary N) is 1. The van der Waals surface area contributed by atoms with Crippen LogP contribution in [0.15, 0.2) is 0 Å². The molecule has 0 saturated heterocycles. The second-order valence-corrected chi connectivity index (χ2v) is 4.65. The molecule has 1 aliphatic carbocycles. The SMILES string of the molecule is CN(C)CCCNC(=O)C1CCCC1N. The third-order valence-corrected chi connectivity index (χ3v) is 2.99. The third kappa shape index (κ3) is 4.18. The summed E-state index contributed by atoms with van der Waals surface area (Å²) < 4.78 is 0. The molecular weight excluding hydrogens is 190 g/mol. The number of carbonyl (C=O) groups excluding carboxylic acids is 1. The lowest BCUT2D eigenvalue weighted by Crippen LogP contribution is -2.39. The number of amides is 1. The summed E-state index contributed by atoms with van der Waals surface area (Å²) in [5, 5.41) is 2.96. The summed E-state index contributed by atoms with van der Waals surface area (Å²) in [4.78, 5) is 13.8. The normalized spacial score (nSPS) is 25.9. The van der Waals surface area contributed by atoms with Crippen LogP contribution in [0.3, 0.4) is 0 Å². The number of nitrogens with two attached hydrogens (primary N) is 1. The molecular formula is C11H23N3O. The molecule has 15 heavy (non-hydrogen) atoms. The monoisotopic (exact) mass is 213 g/mol. The van der Waals surface area contributed by atoms with E-state index in [1.54, 1.807) is 0 Å². The molecule has 1 saturated carbocycles. The lowest BCUT2D eigenvalue weighted by Gasteiger charge is -2.15. The number of hydrogen-bond acceptors (Lipinski definition) is 3. The Labute approximate surface area is 92.2 Å². The minimum absolute atomic E-state index is 0.0596. The largest absolute Gasteiger partial charge is 0.356 e. The molecule has 0 radical (unpaired) electrons. The quantitative estimate of drug-likeness (QED) is 0.641. The lowest BCUT2D eigenvalue weighted by atomic mass is 10.0. The molecule has 0 spiro atoms. The zero-order valence-electron chi connectivity index (χ0n) is 9.83. The Balaban J connectivity index is 2.13. The Morgan fingerprint density at radius 2 is 2.20 bits per heavy atom. The van der Waals surface area contributed by atoms with Crippen LogP contribution >= 0.6 is 0 Å². The topological polar surface area (TPSA) is 58.4 Å². The Bertz CT molecular complexity index is 206. The fourth-order valence-electron chi connectivity index (χ4n) is 2.05. The summed E-state index contributed by atoms with van der Waals surface area (Å²) in [6.45, 7) is 1.78. The van der Waals surface area contributed by atoms with Crippen molar-refractivity contribution in [2.24, 2.45) is 11.7 Å². The minimum atomic E-state index is 0.0596. The van der Waals surface area contributed by atoms with E-state index in [1.807, 2.05) is 14.1 Å². The van der Waals surface area contributed by atoms with Crippen LogP contribution in [0.1, 0.15) is 25.7 Å². The minimum Gasteiger partial charge on any atom is -0.356 e. The number of hydrogen-bond donors (Lipinski definition) is 2. The van der Waals surface area contributed by atoms with Gasteiger partial charge in [-0.05, 0) is 39.9 Å². The van der Waals surface area contributed by atoms with E-state index in [1.165, 1.54) is 0 Å². The predicted octanol–water partition coefficient (Wildman–Crippen LogP) is 0.182. The Morgan fingerprint density at radius 3 is 2.73 bits per heavy atom. The molecule has 2 unspecified atom stereocenters. The maximum atomic E-state index is 11.7. The van der Waals surface area contributed by atoms with Crippen molar-refractivity contribution in [3.8, 4) is 0 Å².